The molecule has 3 nitrogen and oxygen atoms in total. The molecule has 7 heteroatoms. The highest BCUT2D eigenvalue weighted by atomic mass is 28.3. The maximum atomic E-state index is 14.4. The lowest BCUT2D eigenvalue weighted by molar-refractivity contribution is 0.0697. The smallest absolute Gasteiger partial charge is 0.337 e. The van der Waals surface area contributed by atoms with Crippen LogP contribution in [-0.2, 0) is 0 Å². The molecule has 0 aromatic heterocycles. The number of rotatable bonds is 3. The van der Waals surface area contributed by atoms with E-state index < -0.39 is 42.7 Å². The SMILES string of the molecule is C[Si](C)(C)C#Cc1cc(C(=O)O)c(Nc2ccccc2F)c(F)c1F. The molecule has 0 radical (unpaired) electrons. The van der Waals surface area contributed by atoms with Gasteiger partial charge < -0.3 is 10.4 Å². The van der Waals surface area contributed by atoms with Gasteiger partial charge in [0.1, 0.15) is 13.9 Å². The van der Waals surface area contributed by atoms with Gasteiger partial charge in [-0.25, -0.2) is 18.0 Å². The summed E-state index contributed by atoms with van der Waals surface area (Å²) >= 11 is 0. The summed E-state index contributed by atoms with van der Waals surface area (Å²) in [4.78, 5) is 11.5. The van der Waals surface area contributed by atoms with E-state index in [9.17, 15) is 23.1 Å². The molecule has 0 heterocycles. The molecular weight excluding hydrogens is 347 g/mol. The third-order valence-corrected chi connectivity index (χ3v) is 4.02. The molecule has 2 N–H and O–H groups in total. The van der Waals surface area contributed by atoms with Gasteiger partial charge in [0.15, 0.2) is 11.6 Å². The van der Waals surface area contributed by atoms with Gasteiger partial charge in [0.2, 0.25) is 0 Å². The third kappa shape index (κ3) is 4.42. The first-order chi connectivity index (χ1) is 11.6. The molecule has 130 valence electrons. The Morgan fingerprint density at radius 2 is 1.76 bits per heavy atom. The summed E-state index contributed by atoms with van der Waals surface area (Å²) < 4.78 is 42.5. The average molecular weight is 363 g/mol. The fourth-order valence-electron chi connectivity index (χ4n) is 1.96. The Hall–Kier alpha value is -2.72. The zero-order valence-corrected chi connectivity index (χ0v) is 14.9. The number of hydrogen-bond donors (Lipinski definition) is 2. The number of carboxylic acids is 1. The first-order valence-corrected chi connectivity index (χ1v) is 10.9. The molecule has 0 fully saturated rings. The number of para-hydroxylation sites is 1. The van der Waals surface area contributed by atoms with Gasteiger partial charge in [-0.2, -0.15) is 0 Å². The molecule has 0 saturated heterocycles. The molecule has 0 bridgehead atoms. The Morgan fingerprint density at radius 3 is 2.32 bits per heavy atom. The molecule has 0 unspecified atom stereocenters. The number of aromatic carboxylic acids is 1. The minimum Gasteiger partial charge on any atom is -0.478 e. The van der Waals surface area contributed by atoms with Crippen molar-refractivity contribution < 1.29 is 23.1 Å². The number of anilines is 2. The number of hydrogen-bond acceptors (Lipinski definition) is 2. The van der Waals surface area contributed by atoms with Gasteiger partial charge in [0.05, 0.1) is 22.5 Å². The van der Waals surface area contributed by atoms with Crippen LogP contribution in [0.15, 0.2) is 30.3 Å². The molecule has 0 aliphatic carbocycles. The van der Waals surface area contributed by atoms with E-state index in [-0.39, 0.29) is 11.3 Å². The van der Waals surface area contributed by atoms with Crippen LogP contribution >= 0.6 is 0 Å². The van der Waals surface area contributed by atoms with E-state index in [1.54, 1.807) is 0 Å². The first kappa shape index (κ1) is 18.6. The van der Waals surface area contributed by atoms with Crippen molar-refractivity contribution in [3.05, 3.63) is 58.9 Å². The molecule has 2 aromatic carbocycles. The van der Waals surface area contributed by atoms with Crippen LogP contribution in [0, 0.1) is 28.9 Å². The number of carboxylic acid groups (broad SMARTS) is 1. The van der Waals surface area contributed by atoms with E-state index in [1.165, 1.54) is 18.2 Å². The van der Waals surface area contributed by atoms with E-state index in [1.807, 2.05) is 19.6 Å². The fourth-order valence-corrected chi connectivity index (χ4v) is 2.47. The minimum atomic E-state index is -1.87. The van der Waals surface area contributed by atoms with Gasteiger partial charge >= 0.3 is 5.97 Å². The van der Waals surface area contributed by atoms with Gasteiger partial charge in [0, 0.05) is 0 Å². The lowest BCUT2D eigenvalue weighted by atomic mass is 10.1. The zero-order valence-electron chi connectivity index (χ0n) is 13.9. The van der Waals surface area contributed by atoms with E-state index >= 15 is 0 Å². The highest BCUT2D eigenvalue weighted by Gasteiger charge is 2.23. The van der Waals surface area contributed by atoms with Crippen LogP contribution in [0.2, 0.25) is 19.6 Å². The molecule has 0 aliphatic rings. The quantitative estimate of drug-likeness (QED) is 0.610. The van der Waals surface area contributed by atoms with Crippen LogP contribution in [0.4, 0.5) is 24.5 Å². The van der Waals surface area contributed by atoms with Gasteiger partial charge in [-0.05, 0) is 18.2 Å². The Kier molecular flexibility index (Phi) is 5.23. The summed E-state index contributed by atoms with van der Waals surface area (Å²) in [5, 5.41) is 11.6. The molecule has 25 heavy (non-hydrogen) atoms. The molecule has 0 aliphatic heterocycles. The molecule has 0 spiro atoms. The lowest BCUT2D eigenvalue weighted by Crippen LogP contribution is -2.16. The molecule has 0 saturated carbocycles. The second-order valence-corrected chi connectivity index (χ2v) is 11.1. The number of benzene rings is 2. The summed E-state index contributed by atoms with van der Waals surface area (Å²) in [6.45, 7) is 5.75. The van der Waals surface area contributed by atoms with Gasteiger partial charge in [0.25, 0.3) is 0 Å². The number of nitrogens with one attached hydrogen (secondary N) is 1. The second kappa shape index (κ2) is 7.03. The topological polar surface area (TPSA) is 49.3 Å². The van der Waals surface area contributed by atoms with Crippen LogP contribution in [0.1, 0.15) is 15.9 Å². The third-order valence-electron chi connectivity index (χ3n) is 3.14. The Morgan fingerprint density at radius 1 is 1.12 bits per heavy atom. The Balaban J connectivity index is 2.61. The molecule has 0 atom stereocenters. The van der Waals surface area contributed by atoms with Gasteiger partial charge in [-0.1, -0.05) is 37.7 Å². The van der Waals surface area contributed by atoms with Crippen molar-refractivity contribution >= 4 is 25.4 Å². The van der Waals surface area contributed by atoms with E-state index in [4.69, 9.17) is 0 Å². The van der Waals surface area contributed by atoms with Crippen LogP contribution in [0.5, 0.6) is 0 Å². The van der Waals surface area contributed by atoms with Crippen LogP contribution in [0.3, 0.4) is 0 Å². The molecule has 2 rings (SSSR count). The first-order valence-electron chi connectivity index (χ1n) is 7.40. The predicted octanol–water partition coefficient (Wildman–Crippen LogP) is 4.77. The maximum Gasteiger partial charge on any atom is 0.337 e. The Bertz CT molecular complexity index is 896. The summed E-state index contributed by atoms with van der Waals surface area (Å²) in [6.07, 6.45) is 0. The number of carbonyl (C=O) groups is 1. The molecular formula is C18H16F3NO2Si. The van der Waals surface area contributed by atoms with Crippen molar-refractivity contribution in [1.82, 2.24) is 0 Å². The standard InChI is InChI=1S/C18H16F3NO2Si/c1-25(2,3)9-8-11-10-12(18(23)24)17(16(21)15(11)20)22-14-7-5-4-6-13(14)19/h4-7,10,22H,1-3H3,(H,23,24). The zero-order chi connectivity index (χ0) is 18.8. The molecule has 2 aromatic rings. The van der Waals surface area contributed by atoms with Crippen LogP contribution < -0.4 is 5.32 Å². The Labute approximate surface area is 144 Å². The summed E-state index contributed by atoms with van der Waals surface area (Å²) in [5.41, 5.74) is 1.19. The summed E-state index contributed by atoms with van der Waals surface area (Å²) in [6, 6.07) is 6.26. The molecule has 0 amide bonds. The van der Waals surface area contributed by atoms with Gasteiger partial charge in [-0.3, -0.25) is 0 Å². The van der Waals surface area contributed by atoms with E-state index in [2.05, 4.69) is 16.8 Å². The van der Waals surface area contributed by atoms with Crippen molar-refractivity contribution in [2.75, 3.05) is 5.32 Å². The lowest BCUT2D eigenvalue weighted by Gasteiger charge is -2.13. The van der Waals surface area contributed by atoms with Crippen molar-refractivity contribution in [1.29, 1.82) is 0 Å². The number of halogens is 3. The normalized spacial score (nSPS) is 10.8. The summed E-state index contributed by atoms with van der Waals surface area (Å²) in [5.74, 6) is -2.36. The van der Waals surface area contributed by atoms with Gasteiger partial charge in [-0.15, -0.1) is 5.54 Å². The van der Waals surface area contributed by atoms with Crippen molar-refractivity contribution in [2.24, 2.45) is 0 Å². The van der Waals surface area contributed by atoms with E-state index in [0.717, 1.165) is 12.1 Å². The predicted molar refractivity (Wildman–Crippen MR) is 93.2 cm³/mol. The summed E-state index contributed by atoms with van der Waals surface area (Å²) in [7, 11) is -1.87. The average Bonchev–Trinajstić information content (AvgIpc) is 2.51. The van der Waals surface area contributed by atoms with Crippen molar-refractivity contribution in [3.8, 4) is 11.5 Å². The van der Waals surface area contributed by atoms with Crippen molar-refractivity contribution in [2.45, 2.75) is 19.6 Å². The van der Waals surface area contributed by atoms with Crippen LogP contribution in [-0.4, -0.2) is 19.1 Å². The second-order valence-electron chi connectivity index (χ2n) is 6.38. The maximum absolute atomic E-state index is 14.4. The minimum absolute atomic E-state index is 0.163. The van der Waals surface area contributed by atoms with Crippen LogP contribution in [0.25, 0.3) is 0 Å². The highest BCUT2D eigenvalue weighted by Crippen LogP contribution is 2.29. The highest BCUT2D eigenvalue weighted by molar-refractivity contribution is 6.83. The van der Waals surface area contributed by atoms with E-state index in [0.29, 0.717) is 0 Å². The largest absolute Gasteiger partial charge is 0.478 e. The fraction of sp³-hybridized carbons (Fsp3) is 0.167. The van der Waals surface area contributed by atoms with Crippen molar-refractivity contribution in [3.63, 3.8) is 0 Å². The monoisotopic (exact) mass is 363 g/mol.